The van der Waals surface area contributed by atoms with Crippen LogP contribution in [0.1, 0.15) is 5.56 Å². The highest BCUT2D eigenvalue weighted by Crippen LogP contribution is 2.32. The zero-order valence-electron chi connectivity index (χ0n) is 9.91. The topological polar surface area (TPSA) is 12.0 Å². The van der Waals surface area contributed by atoms with Gasteiger partial charge < -0.3 is 5.32 Å². The number of alkyl halides is 3. The first kappa shape index (κ1) is 14.3. The summed E-state index contributed by atoms with van der Waals surface area (Å²) in [6.07, 6.45) is -4.15. The quantitative estimate of drug-likeness (QED) is 0.779. The summed E-state index contributed by atoms with van der Waals surface area (Å²) in [5.41, 5.74) is 1.86. The number of hydrogen-bond donors (Lipinski definition) is 1. The predicted molar refractivity (Wildman–Crippen MR) is 74.9 cm³/mol. The molecule has 1 nitrogen and oxygen atoms in total. The van der Waals surface area contributed by atoms with Gasteiger partial charge in [0.15, 0.2) is 0 Å². The molecule has 0 unspecified atom stereocenters. The third kappa shape index (κ3) is 4.80. The summed E-state index contributed by atoms with van der Waals surface area (Å²) in [5, 5.41) is 7.16. The Bertz CT molecular complexity index is 509. The van der Waals surface area contributed by atoms with E-state index >= 15 is 0 Å². The van der Waals surface area contributed by atoms with E-state index < -0.39 is 11.9 Å². The van der Waals surface area contributed by atoms with Crippen molar-refractivity contribution in [2.24, 2.45) is 0 Å². The van der Waals surface area contributed by atoms with Crippen LogP contribution >= 0.6 is 23.1 Å². The van der Waals surface area contributed by atoms with Crippen LogP contribution in [-0.4, -0.2) is 11.9 Å². The third-order valence-corrected chi connectivity index (χ3v) is 4.21. The molecule has 0 saturated heterocycles. The van der Waals surface area contributed by atoms with Crippen LogP contribution < -0.4 is 5.32 Å². The SMILES string of the molecule is FC(F)(F)CSc1ccccc1NCc1ccsc1. The lowest BCUT2D eigenvalue weighted by molar-refractivity contribution is -0.105. The number of thiophene rings is 1. The van der Waals surface area contributed by atoms with Gasteiger partial charge in [-0.2, -0.15) is 24.5 Å². The van der Waals surface area contributed by atoms with Gasteiger partial charge in [-0.15, -0.1) is 11.8 Å². The Balaban J connectivity index is 1.99. The van der Waals surface area contributed by atoms with Gasteiger partial charge >= 0.3 is 6.18 Å². The van der Waals surface area contributed by atoms with Crippen molar-refractivity contribution < 1.29 is 13.2 Å². The molecule has 0 spiro atoms. The highest BCUT2D eigenvalue weighted by Gasteiger charge is 2.27. The second-order valence-electron chi connectivity index (χ2n) is 3.89. The Kier molecular flexibility index (Phi) is 4.76. The van der Waals surface area contributed by atoms with E-state index in [1.54, 1.807) is 29.5 Å². The Morgan fingerprint density at radius 3 is 2.63 bits per heavy atom. The highest BCUT2D eigenvalue weighted by atomic mass is 32.2. The fourth-order valence-electron chi connectivity index (χ4n) is 1.49. The summed E-state index contributed by atoms with van der Waals surface area (Å²) in [6, 6.07) is 9.04. The van der Waals surface area contributed by atoms with Gasteiger partial charge in [0.1, 0.15) is 0 Å². The minimum atomic E-state index is -4.15. The zero-order valence-corrected chi connectivity index (χ0v) is 11.5. The minimum Gasteiger partial charge on any atom is -0.380 e. The van der Waals surface area contributed by atoms with Crippen LogP contribution in [0.15, 0.2) is 46.0 Å². The third-order valence-electron chi connectivity index (χ3n) is 2.34. The van der Waals surface area contributed by atoms with Crippen molar-refractivity contribution in [3.63, 3.8) is 0 Å². The standard InChI is InChI=1S/C13H12F3NS2/c14-13(15,16)9-19-12-4-2-1-3-11(12)17-7-10-5-6-18-8-10/h1-6,8,17H,7,9H2. The Labute approximate surface area is 117 Å². The van der Waals surface area contributed by atoms with Gasteiger partial charge in [0, 0.05) is 17.1 Å². The number of para-hydroxylation sites is 1. The number of anilines is 1. The lowest BCUT2D eigenvalue weighted by atomic mass is 10.3. The van der Waals surface area contributed by atoms with Gasteiger partial charge in [0.25, 0.3) is 0 Å². The van der Waals surface area contributed by atoms with Crippen molar-refractivity contribution in [3.05, 3.63) is 46.7 Å². The van der Waals surface area contributed by atoms with Gasteiger partial charge in [-0.1, -0.05) is 12.1 Å². The molecule has 1 heterocycles. The van der Waals surface area contributed by atoms with Crippen LogP contribution in [0.4, 0.5) is 18.9 Å². The molecule has 1 aromatic carbocycles. The van der Waals surface area contributed by atoms with Gasteiger partial charge in [0.2, 0.25) is 0 Å². The molecule has 19 heavy (non-hydrogen) atoms. The van der Waals surface area contributed by atoms with Crippen molar-refractivity contribution in [3.8, 4) is 0 Å². The number of rotatable bonds is 5. The van der Waals surface area contributed by atoms with E-state index in [0.717, 1.165) is 23.0 Å². The van der Waals surface area contributed by atoms with Gasteiger partial charge in [-0.25, -0.2) is 0 Å². The average molecular weight is 303 g/mol. The first-order valence-corrected chi connectivity index (χ1v) is 7.51. The van der Waals surface area contributed by atoms with Crippen LogP contribution in [0.25, 0.3) is 0 Å². The van der Waals surface area contributed by atoms with Crippen molar-refractivity contribution in [2.75, 3.05) is 11.1 Å². The smallest absolute Gasteiger partial charge is 0.380 e. The average Bonchev–Trinajstić information content (AvgIpc) is 2.87. The van der Waals surface area contributed by atoms with E-state index in [0.29, 0.717) is 11.4 Å². The molecule has 0 aliphatic carbocycles. The van der Waals surface area contributed by atoms with Crippen molar-refractivity contribution >= 4 is 28.8 Å². The predicted octanol–water partition coefficient (Wildman–Crippen LogP) is 5.01. The lowest BCUT2D eigenvalue weighted by Gasteiger charge is -2.12. The summed E-state index contributed by atoms with van der Waals surface area (Å²) in [7, 11) is 0. The van der Waals surface area contributed by atoms with Gasteiger partial charge in [-0.05, 0) is 34.5 Å². The Morgan fingerprint density at radius 2 is 1.95 bits per heavy atom. The second kappa shape index (κ2) is 6.34. The molecule has 102 valence electrons. The summed E-state index contributed by atoms with van der Waals surface area (Å²) in [4.78, 5) is 0.620. The first-order chi connectivity index (χ1) is 9.04. The molecule has 1 aromatic heterocycles. The molecule has 0 fully saturated rings. The molecule has 6 heteroatoms. The zero-order chi connectivity index (χ0) is 13.7. The number of thioether (sulfide) groups is 1. The lowest BCUT2D eigenvalue weighted by Crippen LogP contribution is -2.11. The maximum atomic E-state index is 12.2. The van der Waals surface area contributed by atoms with Crippen LogP contribution in [0.2, 0.25) is 0 Å². The van der Waals surface area contributed by atoms with Crippen LogP contribution in [0.3, 0.4) is 0 Å². The molecule has 1 N–H and O–H groups in total. The van der Waals surface area contributed by atoms with Crippen LogP contribution in [-0.2, 0) is 6.54 Å². The fourth-order valence-corrected chi connectivity index (χ4v) is 2.95. The molecule has 0 atom stereocenters. The molecule has 0 saturated carbocycles. The van der Waals surface area contributed by atoms with Crippen LogP contribution in [0.5, 0.6) is 0 Å². The molecule has 0 radical (unpaired) electrons. The van der Waals surface area contributed by atoms with Crippen molar-refractivity contribution in [1.82, 2.24) is 0 Å². The maximum Gasteiger partial charge on any atom is 0.398 e. The fraction of sp³-hybridized carbons (Fsp3) is 0.231. The largest absolute Gasteiger partial charge is 0.398 e. The Morgan fingerprint density at radius 1 is 1.16 bits per heavy atom. The molecule has 0 amide bonds. The van der Waals surface area contributed by atoms with E-state index in [4.69, 9.17) is 0 Å². The van der Waals surface area contributed by atoms with Crippen molar-refractivity contribution in [2.45, 2.75) is 17.6 Å². The van der Waals surface area contributed by atoms with E-state index in [1.807, 2.05) is 22.9 Å². The second-order valence-corrected chi connectivity index (χ2v) is 5.68. The number of halogens is 3. The van der Waals surface area contributed by atoms with E-state index in [2.05, 4.69) is 5.32 Å². The monoisotopic (exact) mass is 303 g/mol. The van der Waals surface area contributed by atoms with Gasteiger partial charge in [0.05, 0.1) is 5.75 Å². The summed E-state index contributed by atoms with van der Waals surface area (Å²) in [5.74, 6) is -0.871. The molecule has 2 rings (SSSR count). The number of nitrogens with one attached hydrogen (secondary N) is 1. The molecule has 0 aliphatic heterocycles. The first-order valence-electron chi connectivity index (χ1n) is 5.58. The van der Waals surface area contributed by atoms with E-state index in [-0.39, 0.29) is 0 Å². The molecule has 0 bridgehead atoms. The normalized spacial score (nSPS) is 11.5. The number of benzene rings is 1. The summed E-state index contributed by atoms with van der Waals surface area (Å²) in [6.45, 7) is 0.618. The maximum absolute atomic E-state index is 12.2. The van der Waals surface area contributed by atoms with E-state index in [9.17, 15) is 13.2 Å². The summed E-state index contributed by atoms with van der Waals surface area (Å²) < 4.78 is 36.7. The molecule has 0 aliphatic rings. The minimum absolute atomic E-state index is 0.618. The summed E-state index contributed by atoms with van der Waals surface area (Å²) >= 11 is 2.40. The molecular weight excluding hydrogens is 291 g/mol. The van der Waals surface area contributed by atoms with Crippen LogP contribution in [0, 0.1) is 0 Å². The molecule has 2 aromatic rings. The molecular formula is C13H12F3NS2. The van der Waals surface area contributed by atoms with Gasteiger partial charge in [-0.3, -0.25) is 0 Å². The van der Waals surface area contributed by atoms with E-state index in [1.165, 1.54) is 0 Å². The Hall–Kier alpha value is -1.14. The highest BCUT2D eigenvalue weighted by molar-refractivity contribution is 7.99. The van der Waals surface area contributed by atoms with Crippen molar-refractivity contribution in [1.29, 1.82) is 0 Å². The number of hydrogen-bond acceptors (Lipinski definition) is 3.